The molecule has 2 N–H and O–H groups in total. The van der Waals surface area contributed by atoms with Gasteiger partial charge in [0.15, 0.2) is 0 Å². The Morgan fingerprint density at radius 2 is 1.63 bits per heavy atom. The fourth-order valence-electron chi connectivity index (χ4n) is 2.06. The Bertz CT molecular complexity index is 217. The highest BCUT2D eigenvalue weighted by Crippen LogP contribution is 2.11. The van der Waals surface area contributed by atoms with Crippen LogP contribution in [0.4, 0.5) is 0 Å². The van der Waals surface area contributed by atoms with E-state index in [2.05, 4.69) is 6.92 Å². The lowest BCUT2D eigenvalue weighted by atomic mass is 10.0. The molecule has 0 aliphatic rings. The van der Waals surface area contributed by atoms with Crippen molar-refractivity contribution in [2.75, 3.05) is 6.61 Å². The predicted octanol–water partition coefficient (Wildman–Crippen LogP) is 4.04. The van der Waals surface area contributed by atoms with Crippen molar-refractivity contribution >= 4 is 5.97 Å². The minimum atomic E-state index is -0.0433. The van der Waals surface area contributed by atoms with Crippen molar-refractivity contribution in [1.82, 2.24) is 0 Å². The van der Waals surface area contributed by atoms with Gasteiger partial charge in [-0.15, -0.1) is 0 Å². The third-order valence-corrected chi connectivity index (χ3v) is 3.44. The molecule has 114 valence electrons. The van der Waals surface area contributed by atoms with E-state index in [9.17, 15) is 4.79 Å². The van der Waals surface area contributed by atoms with Gasteiger partial charge in [0.1, 0.15) is 0 Å². The molecule has 0 aromatic rings. The van der Waals surface area contributed by atoms with Crippen LogP contribution in [0.5, 0.6) is 0 Å². The van der Waals surface area contributed by atoms with Crippen LogP contribution in [0.3, 0.4) is 0 Å². The van der Waals surface area contributed by atoms with E-state index in [1.165, 1.54) is 32.1 Å². The molecule has 0 aliphatic carbocycles. The number of unbranched alkanes of at least 4 members (excludes halogenated alkanes) is 5. The predicted molar refractivity (Wildman–Crippen MR) is 81.0 cm³/mol. The minimum absolute atomic E-state index is 0.0128. The summed E-state index contributed by atoms with van der Waals surface area (Å²) in [5.41, 5.74) is 5.69. The fraction of sp³-hybridized carbons (Fsp3) is 0.938. The average molecular weight is 271 g/mol. The van der Waals surface area contributed by atoms with Gasteiger partial charge in [-0.05, 0) is 26.2 Å². The Hall–Kier alpha value is -0.570. The Morgan fingerprint density at radius 1 is 1.00 bits per heavy atom. The Labute approximate surface area is 119 Å². The molecule has 3 heteroatoms. The molecular formula is C16H33NO2. The van der Waals surface area contributed by atoms with Crippen molar-refractivity contribution in [2.24, 2.45) is 11.7 Å². The van der Waals surface area contributed by atoms with Gasteiger partial charge in [0.25, 0.3) is 0 Å². The van der Waals surface area contributed by atoms with Crippen molar-refractivity contribution in [3.05, 3.63) is 0 Å². The summed E-state index contributed by atoms with van der Waals surface area (Å²) in [6.07, 6.45) is 10.2. The zero-order valence-corrected chi connectivity index (χ0v) is 13.1. The number of hydrogen-bond donors (Lipinski definition) is 1. The SMILES string of the molecule is CCCCCCCCOC(=O)C(C)CCCC(C)N. The van der Waals surface area contributed by atoms with E-state index in [0.717, 1.165) is 25.7 Å². The van der Waals surface area contributed by atoms with Crippen molar-refractivity contribution < 1.29 is 9.53 Å². The van der Waals surface area contributed by atoms with E-state index < -0.39 is 0 Å². The average Bonchev–Trinajstić information content (AvgIpc) is 2.36. The third kappa shape index (κ3) is 12.2. The van der Waals surface area contributed by atoms with Gasteiger partial charge < -0.3 is 10.5 Å². The molecule has 0 amide bonds. The summed E-state index contributed by atoms with van der Waals surface area (Å²) < 4.78 is 5.30. The van der Waals surface area contributed by atoms with Gasteiger partial charge in [-0.3, -0.25) is 4.79 Å². The minimum Gasteiger partial charge on any atom is -0.465 e. The van der Waals surface area contributed by atoms with E-state index in [0.29, 0.717) is 6.61 Å². The molecule has 3 nitrogen and oxygen atoms in total. The van der Waals surface area contributed by atoms with Crippen LogP contribution in [-0.4, -0.2) is 18.6 Å². The molecule has 2 atom stereocenters. The van der Waals surface area contributed by atoms with Crippen molar-refractivity contribution in [3.63, 3.8) is 0 Å². The molecule has 0 fully saturated rings. The van der Waals surface area contributed by atoms with Crippen LogP contribution in [0.15, 0.2) is 0 Å². The van der Waals surface area contributed by atoms with E-state index in [1.54, 1.807) is 0 Å². The van der Waals surface area contributed by atoms with Crippen LogP contribution >= 0.6 is 0 Å². The van der Waals surface area contributed by atoms with Gasteiger partial charge in [0, 0.05) is 6.04 Å². The lowest BCUT2D eigenvalue weighted by Gasteiger charge is -2.12. The van der Waals surface area contributed by atoms with Crippen LogP contribution < -0.4 is 5.73 Å². The van der Waals surface area contributed by atoms with Crippen LogP contribution in [0.1, 0.15) is 78.6 Å². The number of nitrogens with two attached hydrogens (primary N) is 1. The van der Waals surface area contributed by atoms with Gasteiger partial charge in [0.05, 0.1) is 12.5 Å². The highest BCUT2D eigenvalue weighted by molar-refractivity contribution is 5.71. The maximum absolute atomic E-state index is 11.7. The molecule has 2 unspecified atom stereocenters. The lowest BCUT2D eigenvalue weighted by Crippen LogP contribution is -2.18. The standard InChI is InChI=1S/C16H33NO2/c1-4-5-6-7-8-9-13-19-16(18)14(2)11-10-12-15(3)17/h14-15H,4-13,17H2,1-3H3. The van der Waals surface area contributed by atoms with Gasteiger partial charge in [0.2, 0.25) is 0 Å². The van der Waals surface area contributed by atoms with Crippen LogP contribution in [0.2, 0.25) is 0 Å². The Kier molecular flexibility index (Phi) is 12.1. The second-order valence-corrected chi connectivity index (χ2v) is 5.74. The molecule has 0 aliphatic heterocycles. The summed E-state index contributed by atoms with van der Waals surface area (Å²) in [5, 5.41) is 0. The first-order valence-corrected chi connectivity index (χ1v) is 8.00. The number of hydrogen-bond acceptors (Lipinski definition) is 3. The quantitative estimate of drug-likeness (QED) is 0.430. The summed E-state index contributed by atoms with van der Waals surface area (Å²) in [7, 11) is 0. The summed E-state index contributed by atoms with van der Waals surface area (Å²) in [5.74, 6) is -0.0305. The van der Waals surface area contributed by atoms with Gasteiger partial charge in [-0.1, -0.05) is 52.4 Å². The first kappa shape index (κ1) is 18.4. The van der Waals surface area contributed by atoms with Crippen LogP contribution in [-0.2, 0) is 9.53 Å². The molecule has 0 bridgehead atoms. The Balaban J connectivity index is 3.41. The molecule has 19 heavy (non-hydrogen) atoms. The molecule has 0 heterocycles. The number of esters is 1. The van der Waals surface area contributed by atoms with Gasteiger partial charge in [-0.25, -0.2) is 0 Å². The molecule has 0 radical (unpaired) electrons. The lowest BCUT2D eigenvalue weighted by molar-refractivity contribution is -0.148. The van der Waals surface area contributed by atoms with Crippen molar-refractivity contribution in [2.45, 2.75) is 84.6 Å². The fourth-order valence-corrected chi connectivity index (χ4v) is 2.06. The second-order valence-electron chi connectivity index (χ2n) is 5.74. The maximum Gasteiger partial charge on any atom is 0.308 e. The molecule has 0 aromatic carbocycles. The maximum atomic E-state index is 11.7. The summed E-state index contributed by atoms with van der Waals surface area (Å²) in [6.45, 7) is 6.75. The van der Waals surface area contributed by atoms with Gasteiger partial charge >= 0.3 is 5.97 Å². The van der Waals surface area contributed by atoms with Crippen molar-refractivity contribution in [1.29, 1.82) is 0 Å². The highest BCUT2D eigenvalue weighted by Gasteiger charge is 2.13. The normalized spacial score (nSPS) is 14.1. The number of ether oxygens (including phenoxy) is 1. The van der Waals surface area contributed by atoms with Crippen LogP contribution in [0, 0.1) is 5.92 Å². The smallest absolute Gasteiger partial charge is 0.308 e. The summed E-state index contributed by atoms with van der Waals surface area (Å²) in [6, 6.07) is 0.228. The number of carbonyl (C=O) groups excluding carboxylic acids is 1. The number of rotatable bonds is 12. The Morgan fingerprint density at radius 3 is 2.26 bits per heavy atom. The van der Waals surface area contributed by atoms with E-state index in [-0.39, 0.29) is 17.9 Å². The highest BCUT2D eigenvalue weighted by atomic mass is 16.5. The largest absolute Gasteiger partial charge is 0.465 e. The zero-order valence-electron chi connectivity index (χ0n) is 13.1. The molecule has 0 rings (SSSR count). The summed E-state index contributed by atoms with van der Waals surface area (Å²) >= 11 is 0. The third-order valence-electron chi connectivity index (χ3n) is 3.44. The van der Waals surface area contributed by atoms with Crippen LogP contribution in [0.25, 0.3) is 0 Å². The molecular weight excluding hydrogens is 238 g/mol. The summed E-state index contributed by atoms with van der Waals surface area (Å²) in [4.78, 5) is 11.7. The van der Waals surface area contributed by atoms with E-state index >= 15 is 0 Å². The van der Waals surface area contributed by atoms with E-state index in [1.807, 2.05) is 13.8 Å². The zero-order chi connectivity index (χ0) is 14.5. The molecule has 0 saturated carbocycles. The number of carbonyl (C=O) groups is 1. The van der Waals surface area contributed by atoms with Gasteiger partial charge in [-0.2, -0.15) is 0 Å². The first-order chi connectivity index (χ1) is 9.07. The van der Waals surface area contributed by atoms with E-state index in [4.69, 9.17) is 10.5 Å². The molecule has 0 aromatic heterocycles. The second kappa shape index (κ2) is 12.5. The first-order valence-electron chi connectivity index (χ1n) is 8.00. The monoisotopic (exact) mass is 271 g/mol. The van der Waals surface area contributed by atoms with Crippen molar-refractivity contribution in [3.8, 4) is 0 Å². The molecule has 0 saturated heterocycles. The topological polar surface area (TPSA) is 52.3 Å². The molecule has 0 spiro atoms.